The van der Waals surface area contributed by atoms with E-state index in [1.165, 1.54) is 6.07 Å². The highest BCUT2D eigenvalue weighted by atomic mass is 35.5. The minimum Gasteiger partial charge on any atom is -0.491 e. The summed E-state index contributed by atoms with van der Waals surface area (Å²) >= 11 is 11.7. The van der Waals surface area contributed by atoms with E-state index in [-0.39, 0.29) is 5.82 Å². The third kappa shape index (κ3) is 4.51. The smallest absolute Gasteiger partial charge is 0.142 e. The Bertz CT molecular complexity index is 619. The molecule has 0 saturated heterocycles. The Morgan fingerprint density at radius 2 is 1.81 bits per heavy atom. The quantitative estimate of drug-likeness (QED) is 0.752. The van der Waals surface area contributed by atoms with E-state index in [1.54, 1.807) is 30.3 Å². The van der Waals surface area contributed by atoms with Crippen molar-refractivity contribution in [3.05, 3.63) is 57.8 Å². The van der Waals surface area contributed by atoms with Gasteiger partial charge in [0.1, 0.15) is 11.6 Å². The summed E-state index contributed by atoms with van der Waals surface area (Å²) < 4.78 is 19.4. The van der Waals surface area contributed by atoms with Crippen LogP contribution >= 0.6 is 23.2 Å². The molecule has 0 aromatic heterocycles. The van der Waals surface area contributed by atoms with Gasteiger partial charge in [-0.3, -0.25) is 0 Å². The normalized spacial score (nSPS) is 10.5. The Labute approximate surface area is 133 Å². The molecule has 0 spiro atoms. The first kappa shape index (κ1) is 15.9. The predicted molar refractivity (Wildman–Crippen MR) is 86.0 cm³/mol. The molecular formula is C16H16Cl2FNO. The van der Waals surface area contributed by atoms with Crippen LogP contribution in [0.25, 0.3) is 0 Å². The van der Waals surface area contributed by atoms with Gasteiger partial charge in [-0.05, 0) is 36.8 Å². The molecule has 2 aromatic carbocycles. The molecule has 112 valence electrons. The third-order valence-electron chi connectivity index (χ3n) is 2.89. The van der Waals surface area contributed by atoms with E-state index in [2.05, 4.69) is 5.32 Å². The second-order valence-corrected chi connectivity index (χ2v) is 5.45. The summed E-state index contributed by atoms with van der Waals surface area (Å²) in [7, 11) is 0. The van der Waals surface area contributed by atoms with Gasteiger partial charge in [0.05, 0.1) is 12.3 Å². The molecule has 0 aliphatic rings. The molecule has 0 fully saturated rings. The van der Waals surface area contributed by atoms with E-state index in [1.807, 2.05) is 6.92 Å². The lowest BCUT2D eigenvalue weighted by molar-refractivity contribution is 0.319. The van der Waals surface area contributed by atoms with E-state index in [4.69, 9.17) is 27.9 Å². The first-order chi connectivity index (χ1) is 10.1. The summed E-state index contributed by atoms with van der Waals surface area (Å²) in [5, 5.41) is 4.12. The zero-order valence-corrected chi connectivity index (χ0v) is 13.1. The lowest BCUT2D eigenvalue weighted by Crippen LogP contribution is -2.05. The number of ether oxygens (including phenoxy) is 1. The van der Waals surface area contributed by atoms with Crippen LogP contribution in [-0.2, 0) is 6.54 Å². The number of nitrogens with one attached hydrogen (secondary N) is 1. The highest BCUT2D eigenvalue weighted by Crippen LogP contribution is 2.29. The molecule has 0 aliphatic carbocycles. The lowest BCUT2D eigenvalue weighted by atomic mass is 10.2. The van der Waals surface area contributed by atoms with Gasteiger partial charge in [-0.25, -0.2) is 4.39 Å². The van der Waals surface area contributed by atoms with Crippen molar-refractivity contribution in [1.82, 2.24) is 0 Å². The van der Waals surface area contributed by atoms with E-state index in [9.17, 15) is 4.39 Å². The van der Waals surface area contributed by atoms with Gasteiger partial charge in [-0.2, -0.15) is 0 Å². The van der Waals surface area contributed by atoms with Gasteiger partial charge in [0.25, 0.3) is 0 Å². The maximum absolute atomic E-state index is 13.8. The fraction of sp³-hybridized carbons (Fsp3) is 0.250. The van der Waals surface area contributed by atoms with Crippen LogP contribution in [0.5, 0.6) is 5.75 Å². The van der Waals surface area contributed by atoms with Crippen molar-refractivity contribution in [3.63, 3.8) is 0 Å². The van der Waals surface area contributed by atoms with Gasteiger partial charge in [-0.1, -0.05) is 36.2 Å². The Morgan fingerprint density at radius 1 is 1.10 bits per heavy atom. The molecule has 0 radical (unpaired) electrons. The van der Waals surface area contributed by atoms with Gasteiger partial charge < -0.3 is 10.1 Å². The van der Waals surface area contributed by atoms with Crippen LogP contribution in [-0.4, -0.2) is 6.61 Å². The summed E-state index contributed by atoms with van der Waals surface area (Å²) in [4.78, 5) is 0. The molecule has 0 heterocycles. The monoisotopic (exact) mass is 327 g/mol. The standard InChI is InChI=1S/C16H16Cl2FNO/c1-2-7-21-16-6-5-13(18)9-15(16)20-10-11-3-4-12(17)8-14(11)19/h3-6,8-9,20H,2,7,10H2,1H3. The molecule has 2 rings (SSSR count). The van der Waals surface area contributed by atoms with Crippen LogP contribution in [0.2, 0.25) is 10.0 Å². The topological polar surface area (TPSA) is 21.3 Å². The van der Waals surface area contributed by atoms with Gasteiger partial charge in [0.15, 0.2) is 0 Å². The summed E-state index contributed by atoms with van der Waals surface area (Å²) in [6.07, 6.45) is 0.911. The fourth-order valence-corrected chi connectivity index (χ4v) is 2.16. The van der Waals surface area contributed by atoms with Crippen molar-refractivity contribution in [2.75, 3.05) is 11.9 Å². The van der Waals surface area contributed by atoms with Gasteiger partial charge in [0, 0.05) is 22.2 Å². The first-order valence-corrected chi connectivity index (χ1v) is 7.46. The zero-order chi connectivity index (χ0) is 15.2. The molecule has 0 saturated carbocycles. The van der Waals surface area contributed by atoms with E-state index in [0.717, 1.165) is 12.1 Å². The molecule has 0 amide bonds. The molecule has 0 atom stereocenters. The van der Waals surface area contributed by atoms with Crippen molar-refractivity contribution in [2.45, 2.75) is 19.9 Å². The lowest BCUT2D eigenvalue weighted by Gasteiger charge is -2.14. The van der Waals surface area contributed by atoms with Crippen molar-refractivity contribution < 1.29 is 9.13 Å². The number of halogens is 3. The highest BCUT2D eigenvalue weighted by molar-refractivity contribution is 6.31. The maximum atomic E-state index is 13.8. The van der Waals surface area contributed by atoms with Crippen LogP contribution in [0.4, 0.5) is 10.1 Å². The fourth-order valence-electron chi connectivity index (χ4n) is 1.83. The molecule has 0 bridgehead atoms. The SMILES string of the molecule is CCCOc1ccc(Cl)cc1NCc1ccc(Cl)cc1F. The predicted octanol–water partition coefficient (Wildman–Crippen LogP) is 5.53. The second-order valence-electron chi connectivity index (χ2n) is 4.58. The number of anilines is 1. The minimum atomic E-state index is -0.340. The molecular weight excluding hydrogens is 312 g/mol. The average molecular weight is 328 g/mol. The van der Waals surface area contributed by atoms with Crippen LogP contribution in [0, 0.1) is 5.82 Å². The van der Waals surface area contributed by atoms with E-state index >= 15 is 0 Å². The van der Waals surface area contributed by atoms with Crippen LogP contribution < -0.4 is 10.1 Å². The summed E-state index contributed by atoms with van der Waals surface area (Å²) in [5.41, 5.74) is 1.27. The Kier molecular flexibility index (Phi) is 5.71. The molecule has 5 heteroatoms. The van der Waals surface area contributed by atoms with Gasteiger partial charge in [-0.15, -0.1) is 0 Å². The Hall–Kier alpha value is -1.45. The molecule has 21 heavy (non-hydrogen) atoms. The van der Waals surface area contributed by atoms with E-state index in [0.29, 0.717) is 34.5 Å². The third-order valence-corrected chi connectivity index (χ3v) is 3.36. The van der Waals surface area contributed by atoms with Gasteiger partial charge >= 0.3 is 0 Å². The number of rotatable bonds is 6. The molecule has 2 aromatic rings. The Balaban J connectivity index is 2.12. The van der Waals surface area contributed by atoms with Gasteiger partial charge in [0.2, 0.25) is 0 Å². The first-order valence-electron chi connectivity index (χ1n) is 6.70. The summed E-state index contributed by atoms with van der Waals surface area (Å²) in [6.45, 7) is 2.98. The van der Waals surface area contributed by atoms with E-state index < -0.39 is 0 Å². The molecule has 0 aliphatic heterocycles. The van der Waals surface area contributed by atoms with Crippen LogP contribution in [0.15, 0.2) is 36.4 Å². The van der Waals surface area contributed by atoms with Crippen molar-refractivity contribution in [1.29, 1.82) is 0 Å². The maximum Gasteiger partial charge on any atom is 0.142 e. The summed E-state index contributed by atoms with van der Waals surface area (Å²) in [5.74, 6) is 0.365. The second kappa shape index (κ2) is 7.53. The largest absolute Gasteiger partial charge is 0.491 e. The van der Waals surface area contributed by atoms with Crippen molar-refractivity contribution in [3.8, 4) is 5.75 Å². The molecule has 1 N–H and O–H groups in total. The zero-order valence-electron chi connectivity index (χ0n) is 11.6. The number of hydrogen-bond donors (Lipinski definition) is 1. The molecule has 2 nitrogen and oxygen atoms in total. The Morgan fingerprint density at radius 3 is 2.52 bits per heavy atom. The number of hydrogen-bond acceptors (Lipinski definition) is 2. The van der Waals surface area contributed by atoms with Crippen LogP contribution in [0.3, 0.4) is 0 Å². The number of benzene rings is 2. The van der Waals surface area contributed by atoms with Crippen LogP contribution in [0.1, 0.15) is 18.9 Å². The average Bonchev–Trinajstić information content (AvgIpc) is 2.45. The summed E-state index contributed by atoms with van der Waals surface area (Å²) in [6, 6.07) is 9.94. The van der Waals surface area contributed by atoms with Crippen molar-refractivity contribution in [2.24, 2.45) is 0 Å². The highest BCUT2D eigenvalue weighted by Gasteiger charge is 2.07. The minimum absolute atomic E-state index is 0.325. The van der Waals surface area contributed by atoms with Crippen molar-refractivity contribution >= 4 is 28.9 Å². The molecule has 0 unspecified atom stereocenters.